The average Bonchev–Trinajstić information content (AvgIpc) is 3.77. The number of esters is 1. The van der Waals surface area contributed by atoms with Gasteiger partial charge in [0, 0.05) is 92.5 Å². The molecule has 13 nitrogen and oxygen atoms in total. The van der Waals surface area contributed by atoms with E-state index in [1.165, 1.54) is 23.3 Å². The smallest absolute Gasteiger partial charge is 0.324 e. The zero-order valence-electron chi connectivity index (χ0n) is 33.1. The van der Waals surface area contributed by atoms with Crippen molar-refractivity contribution in [2.45, 2.75) is 85.0 Å². The van der Waals surface area contributed by atoms with E-state index in [9.17, 15) is 14.4 Å². The van der Waals surface area contributed by atoms with Crippen LogP contribution in [0, 0.1) is 5.41 Å². The van der Waals surface area contributed by atoms with E-state index < -0.39 is 23.5 Å². The van der Waals surface area contributed by atoms with Crippen molar-refractivity contribution in [2.24, 2.45) is 5.41 Å². The molecule has 2 amide bonds. The molecule has 3 atom stereocenters. The molecule has 2 saturated heterocycles. The highest BCUT2D eigenvalue weighted by molar-refractivity contribution is 7.10. The topological polar surface area (TPSA) is 134 Å². The minimum Gasteiger partial charge on any atom is -0.464 e. The number of pyridine rings is 1. The van der Waals surface area contributed by atoms with Gasteiger partial charge in [-0.15, -0.1) is 11.3 Å². The summed E-state index contributed by atoms with van der Waals surface area (Å²) in [5.41, 5.74) is 10.7. The van der Waals surface area contributed by atoms with E-state index in [-0.39, 0.29) is 30.9 Å². The molecule has 0 unspecified atom stereocenters. The molecule has 0 radical (unpaired) electrons. The van der Waals surface area contributed by atoms with Crippen molar-refractivity contribution in [1.82, 2.24) is 35.2 Å². The van der Waals surface area contributed by atoms with Crippen LogP contribution < -0.4 is 15.6 Å². The Morgan fingerprint density at radius 1 is 1.16 bits per heavy atom. The van der Waals surface area contributed by atoms with Crippen molar-refractivity contribution in [1.29, 1.82) is 0 Å². The Kier molecular flexibility index (Phi) is 11.3. The number of rotatable bonds is 6. The Labute approximate surface area is 327 Å². The van der Waals surface area contributed by atoms with Gasteiger partial charge in [-0.25, -0.2) is 10.4 Å². The molecule has 0 spiro atoms. The highest BCUT2D eigenvalue weighted by atomic mass is 32.1. The van der Waals surface area contributed by atoms with Gasteiger partial charge in [-0.1, -0.05) is 19.9 Å². The van der Waals surface area contributed by atoms with Gasteiger partial charge in [0.2, 0.25) is 5.91 Å². The fourth-order valence-corrected chi connectivity index (χ4v) is 8.93. The van der Waals surface area contributed by atoms with E-state index in [0.717, 1.165) is 88.1 Å². The molecule has 1 aromatic carbocycles. The number of amides is 2. The van der Waals surface area contributed by atoms with Gasteiger partial charge in [-0.05, 0) is 63.9 Å². The fraction of sp³-hybridized carbons (Fsp3) is 0.537. The van der Waals surface area contributed by atoms with Gasteiger partial charge in [0.15, 0.2) is 0 Å². The third kappa shape index (κ3) is 8.14. The number of nitrogens with zero attached hydrogens (tertiary/aromatic N) is 6. The molecule has 3 aliphatic heterocycles. The molecule has 0 saturated carbocycles. The number of hydrogen-bond acceptors (Lipinski definition) is 11. The molecular weight excluding hydrogens is 717 g/mol. The molecule has 294 valence electrons. The number of fused-ring (bicyclic) bond motifs is 6. The summed E-state index contributed by atoms with van der Waals surface area (Å²) in [6.07, 6.45) is 3.74. The minimum absolute atomic E-state index is 0.181. The molecule has 3 aliphatic rings. The van der Waals surface area contributed by atoms with Gasteiger partial charge >= 0.3 is 5.97 Å². The van der Waals surface area contributed by atoms with Gasteiger partial charge in [-0.3, -0.25) is 24.4 Å². The van der Waals surface area contributed by atoms with Crippen LogP contribution in [0.2, 0.25) is 0 Å². The number of ether oxygens (including phenoxy) is 2. The summed E-state index contributed by atoms with van der Waals surface area (Å²) < 4.78 is 14.4. The summed E-state index contributed by atoms with van der Waals surface area (Å²) in [4.78, 5) is 54.6. The second-order valence-electron chi connectivity index (χ2n) is 15.9. The Hall–Kier alpha value is -4.37. The average molecular weight is 771 g/mol. The molecule has 2 fully saturated rings. The van der Waals surface area contributed by atoms with Crippen LogP contribution in [0.25, 0.3) is 33.4 Å². The van der Waals surface area contributed by atoms with Crippen LogP contribution in [0.5, 0.6) is 0 Å². The summed E-state index contributed by atoms with van der Waals surface area (Å²) in [6, 6.07) is 7.27. The molecule has 0 aliphatic carbocycles. The van der Waals surface area contributed by atoms with E-state index in [0.29, 0.717) is 25.8 Å². The first kappa shape index (κ1) is 38.9. The SMILES string of the molecule is CCn1c(-c2cc(N3CCN(C)CC3)cnc2[C@H](C)OC)c2c3cc(ccc31)-c1csc(n1)C[C@H](NC(C)=O)C(=O)N1CCC[C@H](N1)C(=O)OCC(C)(C)C2. The first-order valence-electron chi connectivity index (χ1n) is 19.4. The van der Waals surface area contributed by atoms with Gasteiger partial charge in [-0.2, -0.15) is 0 Å². The van der Waals surface area contributed by atoms with E-state index in [1.54, 1.807) is 7.11 Å². The molecule has 7 rings (SSSR count). The van der Waals surface area contributed by atoms with Crippen molar-refractivity contribution < 1.29 is 23.9 Å². The number of piperazine rings is 1. The quantitative estimate of drug-likeness (QED) is 0.259. The molecule has 6 heterocycles. The molecule has 55 heavy (non-hydrogen) atoms. The molecule has 2 N–H and O–H groups in total. The van der Waals surface area contributed by atoms with E-state index >= 15 is 0 Å². The van der Waals surface area contributed by atoms with Gasteiger partial charge in [0.25, 0.3) is 5.91 Å². The summed E-state index contributed by atoms with van der Waals surface area (Å²) in [5, 5.41) is 8.14. The number of likely N-dealkylation sites (N-methyl/N-ethyl adjacent to an activating group) is 1. The lowest BCUT2D eigenvalue weighted by Crippen LogP contribution is -2.60. The Morgan fingerprint density at radius 2 is 1.95 bits per heavy atom. The van der Waals surface area contributed by atoms with Gasteiger partial charge in [0.05, 0.1) is 46.7 Å². The summed E-state index contributed by atoms with van der Waals surface area (Å²) in [6.45, 7) is 15.0. The molecular formula is C41H54N8O5S. The second-order valence-corrected chi connectivity index (χ2v) is 16.9. The number of benzene rings is 1. The number of anilines is 1. The summed E-state index contributed by atoms with van der Waals surface area (Å²) >= 11 is 1.47. The minimum atomic E-state index is -0.842. The van der Waals surface area contributed by atoms with Crippen LogP contribution >= 0.6 is 11.3 Å². The van der Waals surface area contributed by atoms with E-state index in [1.807, 2.05) is 18.5 Å². The maximum atomic E-state index is 13.8. The standard InChI is InChI=1S/C41H54N8O5S/c1-8-48-35-12-11-27-18-29(35)31(38(48)30-19-28(22-42-37(30)25(2)53-7)47-16-14-46(6)15-17-47)21-41(4,5)24-54-40(52)32-10-9-13-49(45-32)39(51)33(43-26(3)50)20-36-44-34(27)23-55-36/h11-12,18-19,22-23,25,32-33,45H,8-10,13-17,20-21,24H2,1-7H3,(H,43,50)/t25-,32-,33-/m0/s1. The number of thiazole rings is 1. The Bertz CT molecular complexity index is 2070. The lowest BCUT2D eigenvalue weighted by Gasteiger charge is -2.35. The van der Waals surface area contributed by atoms with Crippen LogP contribution in [-0.4, -0.2) is 108 Å². The largest absolute Gasteiger partial charge is 0.464 e. The normalized spacial score (nSPS) is 21.7. The number of hydrogen-bond donors (Lipinski definition) is 2. The maximum Gasteiger partial charge on any atom is 0.324 e. The number of aromatic nitrogens is 3. The Morgan fingerprint density at radius 3 is 2.67 bits per heavy atom. The highest BCUT2D eigenvalue weighted by Crippen LogP contribution is 2.43. The number of hydrazine groups is 1. The van der Waals surface area contributed by atoms with Crippen molar-refractivity contribution in [2.75, 3.05) is 58.4 Å². The maximum absolute atomic E-state index is 13.8. The van der Waals surface area contributed by atoms with Gasteiger partial charge < -0.3 is 29.2 Å². The number of carbonyl (C=O) groups is 3. The zero-order chi connectivity index (χ0) is 39.0. The van der Waals surface area contributed by atoms with Crippen LogP contribution in [0.15, 0.2) is 35.8 Å². The third-order valence-electron chi connectivity index (χ3n) is 11.1. The number of carbonyl (C=O) groups excluding carboxylic acids is 3. The molecule has 4 aromatic rings. The molecule has 3 aromatic heterocycles. The highest BCUT2D eigenvalue weighted by Gasteiger charge is 2.35. The van der Waals surface area contributed by atoms with Crippen LogP contribution in [0.1, 0.15) is 69.8 Å². The lowest BCUT2D eigenvalue weighted by atomic mass is 9.84. The van der Waals surface area contributed by atoms with Crippen LogP contribution in [-0.2, 0) is 43.2 Å². The summed E-state index contributed by atoms with van der Waals surface area (Å²) in [7, 11) is 3.88. The predicted molar refractivity (Wildman–Crippen MR) is 215 cm³/mol. The van der Waals surface area contributed by atoms with E-state index in [4.69, 9.17) is 19.4 Å². The number of cyclic esters (lactones) is 1. The number of methoxy groups -OCH3 is 1. The monoisotopic (exact) mass is 770 g/mol. The first-order valence-corrected chi connectivity index (χ1v) is 20.3. The fourth-order valence-electron chi connectivity index (χ4n) is 8.08. The van der Waals surface area contributed by atoms with Crippen molar-refractivity contribution in [3.8, 4) is 22.5 Å². The van der Waals surface area contributed by atoms with Crippen molar-refractivity contribution in [3.05, 3.63) is 52.1 Å². The number of aryl methyl sites for hydroxylation is 1. The first-order chi connectivity index (χ1) is 26.3. The Balaban J connectivity index is 1.40. The molecule has 14 heteroatoms. The predicted octanol–water partition coefficient (Wildman–Crippen LogP) is 4.97. The summed E-state index contributed by atoms with van der Waals surface area (Å²) in [5.74, 6) is -1.01. The van der Waals surface area contributed by atoms with Gasteiger partial charge in [0.1, 0.15) is 12.1 Å². The van der Waals surface area contributed by atoms with Crippen molar-refractivity contribution in [3.63, 3.8) is 0 Å². The van der Waals surface area contributed by atoms with Crippen molar-refractivity contribution >= 4 is 45.7 Å². The second kappa shape index (κ2) is 16.0. The van der Waals surface area contributed by atoms with Crippen LogP contribution in [0.4, 0.5) is 5.69 Å². The van der Waals surface area contributed by atoms with E-state index in [2.05, 4.69) is 77.2 Å². The third-order valence-corrected chi connectivity index (χ3v) is 12.0. The van der Waals surface area contributed by atoms with Crippen LogP contribution in [0.3, 0.4) is 0 Å². The number of nitrogens with one attached hydrogen (secondary N) is 2. The zero-order valence-corrected chi connectivity index (χ0v) is 33.9. The lowest BCUT2D eigenvalue weighted by molar-refractivity contribution is -0.155. The molecule has 6 bridgehead atoms.